The maximum absolute atomic E-state index is 12.7. The molecule has 0 radical (unpaired) electrons. The summed E-state index contributed by atoms with van der Waals surface area (Å²) in [5.74, 6) is -0.701. The van der Waals surface area contributed by atoms with Crippen molar-refractivity contribution in [3.8, 4) is 6.07 Å². The van der Waals surface area contributed by atoms with Gasteiger partial charge in [-0.15, -0.1) is 11.3 Å². The molecule has 2 N–H and O–H groups in total. The molecule has 0 aliphatic carbocycles. The molecule has 1 aliphatic rings. The normalized spacial score (nSPS) is 17.0. The summed E-state index contributed by atoms with van der Waals surface area (Å²) < 4.78 is 10.9. The van der Waals surface area contributed by atoms with E-state index in [1.54, 1.807) is 6.92 Å². The van der Waals surface area contributed by atoms with Crippen molar-refractivity contribution in [3.63, 3.8) is 0 Å². The molecule has 0 saturated heterocycles. The quantitative estimate of drug-likeness (QED) is 0.850. The Hall–Kier alpha value is -3.04. The number of thiophene rings is 1. The fourth-order valence-corrected chi connectivity index (χ4v) is 3.53. The van der Waals surface area contributed by atoms with Gasteiger partial charge in [0.15, 0.2) is 0 Å². The van der Waals surface area contributed by atoms with E-state index in [1.807, 2.05) is 47.8 Å². The van der Waals surface area contributed by atoms with E-state index in [1.165, 1.54) is 11.3 Å². The number of nitriles is 1. The minimum Gasteiger partial charge on any atom is -0.457 e. The highest BCUT2D eigenvalue weighted by molar-refractivity contribution is 7.10. The lowest BCUT2D eigenvalue weighted by molar-refractivity contribution is -0.140. The highest BCUT2D eigenvalue weighted by Crippen LogP contribution is 2.41. The predicted octanol–water partition coefficient (Wildman–Crippen LogP) is 3.57. The Morgan fingerprint density at radius 3 is 2.72 bits per heavy atom. The fraction of sp³-hybridized carbons (Fsp3) is 0.158. The largest absolute Gasteiger partial charge is 0.457 e. The summed E-state index contributed by atoms with van der Waals surface area (Å²) in [6.07, 6.45) is 0. The first kappa shape index (κ1) is 16.8. The van der Waals surface area contributed by atoms with Crippen LogP contribution in [0.25, 0.3) is 0 Å². The third-order valence-corrected chi connectivity index (χ3v) is 4.80. The smallest absolute Gasteiger partial charge is 0.338 e. The van der Waals surface area contributed by atoms with Gasteiger partial charge in [0.1, 0.15) is 24.0 Å². The molecule has 2 aromatic rings. The number of ether oxygens (including phenoxy) is 2. The molecule has 0 bridgehead atoms. The Balaban J connectivity index is 1.90. The lowest BCUT2D eigenvalue weighted by Crippen LogP contribution is -2.25. The number of hydrogen-bond donors (Lipinski definition) is 1. The average Bonchev–Trinajstić information content (AvgIpc) is 3.14. The first-order valence-corrected chi connectivity index (χ1v) is 8.52. The van der Waals surface area contributed by atoms with Crippen LogP contribution in [0, 0.1) is 11.3 Å². The van der Waals surface area contributed by atoms with E-state index in [0.29, 0.717) is 11.3 Å². The summed E-state index contributed by atoms with van der Waals surface area (Å²) in [5, 5.41) is 11.4. The van der Waals surface area contributed by atoms with E-state index in [9.17, 15) is 10.1 Å². The van der Waals surface area contributed by atoms with E-state index in [2.05, 4.69) is 6.07 Å². The van der Waals surface area contributed by atoms with Gasteiger partial charge in [-0.2, -0.15) is 5.26 Å². The van der Waals surface area contributed by atoms with Crippen LogP contribution in [-0.2, 0) is 20.9 Å². The van der Waals surface area contributed by atoms with Crippen LogP contribution in [0.3, 0.4) is 0 Å². The van der Waals surface area contributed by atoms with Crippen LogP contribution in [0.5, 0.6) is 0 Å². The Labute approximate surface area is 149 Å². The van der Waals surface area contributed by atoms with Crippen molar-refractivity contribution in [1.29, 1.82) is 5.26 Å². The minimum absolute atomic E-state index is 0.0259. The zero-order valence-corrected chi connectivity index (χ0v) is 14.4. The molecule has 3 rings (SSSR count). The summed E-state index contributed by atoms with van der Waals surface area (Å²) in [5.41, 5.74) is 7.27. The van der Waals surface area contributed by atoms with E-state index < -0.39 is 11.9 Å². The number of rotatable bonds is 4. The predicted molar refractivity (Wildman–Crippen MR) is 93.9 cm³/mol. The number of nitrogens with two attached hydrogens (primary N) is 1. The van der Waals surface area contributed by atoms with E-state index >= 15 is 0 Å². The highest BCUT2D eigenvalue weighted by Gasteiger charge is 2.36. The topological polar surface area (TPSA) is 85.3 Å². The number of benzene rings is 1. The number of carbonyl (C=O) groups is 1. The summed E-state index contributed by atoms with van der Waals surface area (Å²) in [7, 11) is 0. The number of nitrogens with zero attached hydrogens (tertiary/aromatic N) is 1. The molecule has 1 aliphatic heterocycles. The molecule has 1 aromatic carbocycles. The van der Waals surface area contributed by atoms with E-state index in [4.69, 9.17) is 15.2 Å². The third kappa shape index (κ3) is 3.42. The summed E-state index contributed by atoms with van der Waals surface area (Å²) in [6.45, 7) is 1.80. The van der Waals surface area contributed by atoms with Crippen molar-refractivity contribution in [2.24, 2.45) is 5.73 Å². The van der Waals surface area contributed by atoms with Gasteiger partial charge in [-0.25, -0.2) is 4.79 Å². The Bertz CT molecular complexity index is 877. The van der Waals surface area contributed by atoms with E-state index in [0.717, 1.165) is 10.4 Å². The molecule has 6 heteroatoms. The number of allylic oxidation sites excluding steroid dienone is 2. The molecule has 1 atom stereocenters. The lowest BCUT2D eigenvalue weighted by atomic mass is 9.87. The van der Waals surface area contributed by atoms with Gasteiger partial charge in [0.05, 0.1) is 11.5 Å². The first-order valence-electron chi connectivity index (χ1n) is 7.64. The van der Waals surface area contributed by atoms with Crippen LogP contribution in [0.4, 0.5) is 0 Å². The molecule has 5 nitrogen and oxygen atoms in total. The average molecular weight is 352 g/mol. The Morgan fingerprint density at radius 1 is 1.32 bits per heavy atom. The second-order valence-corrected chi connectivity index (χ2v) is 6.45. The number of hydrogen-bond acceptors (Lipinski definition) is 6. The molecule has 0 amide bonds. The molecule has 0 saturated carbocycles. The van der Waals surface area contributed by atoms with Crippen LogP contribution in [0.15, 0.2) is 70.6 Å². The maximum Gasteiger partial charge on any atom is 0.338 e. The lowest BCUT2D eigenvalue weighted by Gasteiger charge is -2.25. The van der Waals surface area contributed by atoms with Gasteiger partial charge in [-0.05, 0) is 23.9 Å². The maximum atomic E-state index is 12.7. The number of carbonyl (C=O) groups excluding carboxylic acids is 1. The van der Waals surface area contributed by atoms with Gasteiger partial charge in [0, 0.05) is 4.88 Å². The highest BCUT2D eigenvalue weighted by atomic mass is 32.1. The minimum atomic E-state index is -0.568. The third-order valence-electron chi connectivity index (χ3n) is 3.87. The van der Waals surface area contributed by atoms with Gasteiger partial charge >= 0.3 is 5.97 Å². The van der Waals surface area contributed by atoms with Crippen LogP contribution in [0.2, 0.25) is 0 Å². The van der Waals surface area contributed by atoms with Crippen molar-refractivity contribution >= 4 is 17.3 Å². The molecule has 1 aromatic heterocycles. The van der Waals surface area contributed by atoms with Crippen LogP contribution in [0.1, 0.15) is 23.3 Å². The van der Waals surface area contributed by atoms with Gasteiger partial charge in [-0.1, -0.05) is 36.4 Å². The van der Waals surface area contributed by atoms with Crippen LogP contribution < -0.4 is 5.73 Å². The Morgan fingerprint density at radius 2 is 2.08 bits per heavy atom. The van der Waals surface area contributed by atoms with E-state index in [-0.39, 0.29) is 18.1 Å². The van der Waals surface area contributed by atoms with Crippen LogP contribution in [-0.4, -0.2) is 5.97 Å². The zero-order valence-electron chi connectivity index (χ0n) is 13.6. The van der Waals surface area contributed by atoms with Gasteiger partial charge in [0.25, 0.3) is 0 Å². The summed E-state index contributed by atoms with van der Waals surface area (Å²) >= 11 is 1.45. The number of esters is 1. The van der Waals surface area contributed by atoms with Gasteiger partial charge < -0.3 is 15.2 Å². The molecule has 0 spiro atoms. The van der Waals surface area contributed by atoms with Crippen molar-refractivity contribution in [2.45, 2.75) is 19.4 Å². The van der Waals surface area contributed by atoms with Crippen molar-refractivity contribution in [2.75, 3.05) is 0 Å². The second kappa shape index (κ2) is 7.24. The summed E-state index contributed by atoms with van der Waals surface area (Å²) in [6, 6.07) is 15.2. The second-order valence-electron chi connectivity index (χ2n) is 5.47. The molecular formula is C19H16N2O3S. The van der Waals surface area contributed by atoms with Gasteiger partial charge in [0.2, 0.25) is 5.88 Å². The summed E-state index contributed by atoms with van der Waals surface area (Å²) in [4.78, 5) is 13.6. The first-order chi connectivity index (χ1) is 12.1. The molecule has 0 fully saturated rings. The monoisotopic (exact) mass is 352 g/mol. The van der Waals surface area contributed by atoms with Crippen molar-refractivity contribution in [1.82, 2.24) is 0 Å². The molecular weight excluding hydrogens is 336 g/mol. The van der Waals surface area contributed by atoms with Crippen LogP contribution >= 0.6 is 11.3 Å². The Kier molecular flexibility index (Phi) is 4.87. The standard InChI is InChI=1S/C19H16N2O3S/c1-12-16(19(22)23-11-13-6-3-2-4-7-13)17(15-8-5-9-25-15)14(10-20)18(21)24-12/h2-9,17H,11,21H2,1H3/t17-/m0/s1. The SMILES string of the molecule is CC1=C(C(=O)OCc2ccccc2)[C@H](c2cccs2)C(C#N)=C(N)O1. The molecule has 126 valence electrons. The fourth-order valence-electron chi connectivity index (χ4n) is 2.69. The van der Waals surface area contributed by atoms with Crippen molar-refractivity contribution < 1.29 is 14.3 Å². The van der Waals surface area contributed by atoms with Gasteiger partial charge in [-0.3, -0.25) is 0 Å². The zero-order chi connectivity index (χ0) is 17.8. The van der Waals surface area contributed by atoms with Crippen molar-refractivity contribution in [3.05, 3.63) is 81.1 Å². The molecule has 2 heterocycles. The molecule has 25 heavy (non-hydrogen) atoms. The molecule has 0 unspecified atom stereocenters.